The van der Waals surface area contributed by atoms with Crippen molar-refractivity contribution in [2.45, 2.75) is 24.3 Å². The van der Waals surface area contributed by atoms with Gasteiger partial charge in [-0.15, -0.1) is 0 Å². The second-order valence-electron chi connectivity index (χ2n) is 7.89. The van der Waals surface area contributed by atoms with Crippen LogP contribution in [0.25, 0.3) is 11.0 Å². The second-order valence-corrected chi connectivity index (χ2v) is 7.89. The summed E-state index contributed by atoms with van der Waals surface area (Å²) >= 11 is 0. The first-order valence-corrected chi connectivity index (χ1v) is 10.6. The Morgan fingerprint density at radius 3 is 2.30 bits per heavy atom. The van der Waals surface area contributed by atoms with Crippen molar-refractivity contribution < 1.29 is 14.3 Å². The van der Waals surface area contributed by atoms with Gasteiger partial charge in [-0.3, -0.25) is 4.79 Å². The van der Waals surface area contributed by atoms with Crippen molar-refractivity contribution in [1.29, 1.82) is 5.26 Å². The smallest absolute Gasteiger partial charge is 0.321 e. The molecule has 166 valence electrons. The number of halogens is 1. The number of aromatic nitrogens is 2. The van der Waals surface area contributed by atoms with Crippen LogP contribution in [-0.2, 0) is 16.6 Å². The number of benzene rings is 3. The van der Waals surface area contributed by atoms with Crippen LogP contribution in [0.2, 0.25) is 0 Å². The fourth-order valence-electron chi connectivity index (χ4n) is 4.09. The number of H-pyrrole nitrogens is 1. The summed E-state index contributed by atoms with van der Waals surface area (Å²) in [6, 6.07) is 24.8. The Balaban J connectivity index is 1.53. The number of fused-ring (bicyclic) bond motifs is 1. The molecule has 0 unspecified atom stereocenters. The normalized spacial score (nSPS) is 12.4. The zero-order valence-corrected chi connectivity index (χ0v) is 17.8. The van der Waals surface area contributed by atoms with Gasteiger partial charge in [0, 0.05) is 6.42 Å². The Morgan fingerprint density at radius 1 is 1.09 bits per heavy atom. The van der Waals surface area contributed by atoms with E-state index in [0.717, 1.165) is 11.1 Å². The number of hydrogen-bond acceptors (Lipinski definition) is 4. The molecule has 0 amide bonds. The van der Waals surface area contributed by atoms with Crippen LogP contribution >= 0.6 is 0 Å². The minimum Gasteiger partial charge on any atom is -0.480 e. The number of imidazole rings is 1. The molecule has 6 nitrogen and oxygen atoms in total. The molecule has 1 heterocycles. The zero-order valence-electron chi connectivity index (χ0n) is 17.8. The second kappa shape index (κ2) is 9.63. The van der Waals surface area contributed by atoms with Crippen LogP contribution in [0.15, 0.2) is 78.9 Å². The van der Waals surface area contributed by atoms with Gasteiger partial charge in [-0.25, -0.2) is 9.37 Å². The molecule has 0 radical (unpaired) electrons. The summed E-state index contributed by atoms with van der Waals surface area (Å²) in [7, 11) is 0. The molecule has 0 aliphatic carbocycles. The molecule has 0 spiro atoms. The number of rotatable bonds is 9. The summed E-state index contributed by atoms with van der Waals surface area (Å²) in [4.78, 5) is 19.3. The molecule has 0 saturated carbocycles. The van der Waals surface area contributed by atoms with Crippen LogP contribution in [0.1, 0.15) is 23.4 Å². The number of carboxylic acid groups (broad SMARTS) is 1. The van der Waals surface area contributed by atoms with E-state index < -0.39 is 17.4 Å². The molecule has 4 rings (SSSR count). The largest absolute Gasteiger partial charge is 0.480 e. The summed E-state index contributed by atoms with van der Waals surface area (Å²) in [5.74, 6) is -0.961. The van der Waals surface area contributed by atoms with Gasteiger partial charge in [-0.2, -0.15) is 5.26 Å². The van der Waals surface area contributed by atoms with Crippen LogP contribution in [0.4, 0.5) is 4.39 Å². The van der Waals surface area contributed by atoms with E-state index in [1.165, 1.54) is 12.1 Å². The van der Waals surface area contributed by atoms with Crippen molar-refractivity contribution in [2.75, 3.05) is 6.54 Å². The zero-order chi connectivity index (χ0) is 23.3. The molecule has 4 aromatic rings. The SMILES string of the molecule is N#CC(CCN[C@H](Cc1nc2ccc(F)cc2[nH]1)C(=O)O)(c1ccccc1)c1ccccc1. The highest BCUT2D eigenvalue weighted by molar-refractivity contribution is 5.76. The molecule has 0 fully saturated rings. The average Bonchev–Trinajstić information content (AvgIpc) is 3.24. The average molecular weight is 442 g/mol. The minimum absolute atomic E-state index is 0.0991. The molecule has 0 aliphatic heterocycles. The monoisotopic (exact) mass is 442 g/mol. The molecular formula is C26H23FN4O2. The molecule has 0 saturated heterocycles. The van der Waals surface area contributed by atoms with Gasteiger partial charge >= 0.3 is 5.97 Å². The van der Waals surface area contributed by atoms with Crippen molar-refractivity contribution >= 4 is 17.0 Å². The molecule has 3 N–H and O–H groups in total. The lowest BCUT2D eigenvalue weighted by Crippen LogP contribution is -2.41. The Labute approximate surface area is 190 Å². The van der Waals surface area contributed by atoms with E-state index >= 15 is 0 Å². The van der Waals surface area contributed by atoms with Gasteiger partial charge in [-0.05, 0) is 42.3 Å². The first-order valence-electron chi connectivity index (χ1n) is 10.6. The summed E-state index contributed by atoms with van der Waals surface area (Å²) in [5, 5.41) is 23.1. The maximum Gasteiger partial charge on any atom is 0.321 e. The van der Waals surface area contributed by atoms with Crippen LogP contribution in [0.3, 0.4) is 0 Å². The number of nitrogens with one attached hydrogen (secondary N) is 2. The predicted molar refractivity (Wildman–Crippen MR) is 123 cm³/mol. The lowest BCUT2D eigenvalue weighted by molar-refractivity contribution is -0.139. The lowest BCUT2D eigenvalue weighted by atomic mass is 9.73. The Bertz CT molecular complexity index is 1240. The number of nitriles is 1. The molecule has 1 aromatic heterocycles. The Kier molecular flexibility index (Phi) is 6.48. The van der Waals surface area contributed by atoms with Crippen molar-refractivity contribution in [3.05, 3.63) is 102 Å². The third-order valence-corrected chi connectivity index (χ3v) is 5.80. The fourth-order valence-corrected chi connectivity index (χ4v) is 4.09. The quantitative estimate of drug-likeness (QED) is 0.361. The molecule has 1 atom stereocenters. The van der Waals surface area contributed by atoms with Gasteiger partial charge in [0.2, 0.25) is 0 Å². The third-order valence-electron chi connectivity index (χ3n) is 5.80. The van der Waals surface area contributed by atoms with Gasteiger partial charge in [0.15, 0.2) is 0 Å². The van der Waals surface area contributed by atoms with Gasteiger partial charge in [0.25, 0.3) is 0 Å². The standard InChI is InChI=1S/C26H23FN4O2/c27-20-11-12-21-22(15-20)31-24(30-21)16-23(25(32)33)29-14-13-26(17-28,18-7-3-1-4-8-18)19-9-5-2-6-10-19/h1-12,15,23,29H,13-14,16H2,(H,30,31)(H,32,33)/t23-/m1/s1. The molecule has 7 heteroatoms. The van der Waals surface area contributed by atoms with E-state index in [4.69, 9.17) is 0 Å². The molecule has 3 aromatic carbocycles. The predicted octanol–water partition coefficient (Wildman–Crippen LogP) is 4.19. The summed E-state index contributed by atoms with van der Waals surface area (Å²) < 4.78 is 13.4. The highest BCUT2D eigenvalue weighted by Gasteiger charge is 2.34. The van der Waals surface area contributed by atoms with E-state index in [-0.39, 0.29) is 12.2 Å². The number of aliphatic carboxylic acids is 1. The molecule has 0 bridgehead atoms. The third kappa shape index (κ3) is 4.76. The van der Waals surface area contributed by atoms with Crippen LogP contribution in [-0.4, -0.2) is 33.6 Å². The lowest BCUT2D eigenvalue weighted by Gasteiger charge is -2.28. The Hall–Kier alpha value is -4.02. The number of nitrogens with zero attached hydrogens (tertiary/aromatic N) is 2. The summed E-state index contributed by atoms with van der Waals surface area (Å²) in [6.45, 7) is 0.295. The van der Waals surface area contributed by atoms with E-state index in [1.807, 2.05) is 60.7 Å². The van der Waals surface area contributed by atoms with Crippen molar-refractivity contribution in [3.63, 3.8) is 0 Å². The summed E-state index contributed by atoms with van der Waals surface area (Å²) in [5.41, 5.74) is 1.88. The van der Waals surface area contributed by atoms with E-state index in [1.54, 1.807) is 6.07 Å². The Morgan fingerprint density at radius 2 is 1.73 bits per heavy atom. The van der Waals surface area contributed by atoms with Gasteiger partial charge in [-0.1, -0.05) is 60.7 Å². The maximum atomic E-state index is 13.4. The van der Waals surface area contributed by atoms with Crippen LogP contribution in [0.5, 0.6) is 0 Å². The minimum atomic E-state index is -1.02. The van der Waals surface area contributed by atoms with Crippen molar-refractivity contribution in [2.24, 2.45) is 0 Å². The van der Waals surface area contributed by atoms with Crippen molar-refractivity contribution in [1.82, 2.24) is 15.3 Å². The number of aromatic amines is 1. The molecule has 0 aliphatic rings. The van der Waals surface area contributed by atoms with Gasteiger partial charge in [0.05, 0.1) is 17.1 Å². The number of carboxylic acids is 1. The van der Waals surface area contributed by atoms with Crippen molar-refractivity contribution in [3.8, 4) is 6.07 Å². The van der Waals surface area contributed by atoms with Gasteiger partial charge < -0.3 is 15.4 Å². The highest BCUT2D eigenvalue weighted by atomic mass is 19.1. The van der Waals surface area contributed by atoms with E-state index in [9.17, 15) is 19.6 Å². The van der Waals surface area contributed by atoms with Crippen LogP contribution in [0, 0.1) is 17.1 Å². The number of hydrogen-bond donors (Lipinski definition) is 3. The fraction of sp³-hybridized carbons (Fsp3) is 0.192. The van der Waals surface area contributed by atoms with Gasteiger partial charge in [0.1, 0.15) is 23.1 Å². The maximum absolute atomic E-state index is 13.4. The topological polar surface area (TPSA) is 102 Å². The highest BCUT2D eigenvalue weighted by Crippen LogP contribution is 2.34. The number of carbonyl (C=O) groups is 1. The van der Waals surface area contributed by atoms with E-state index in [0.29, 0.717) is 29.8 Å². The summed E-state index contributed by atoms with van der Waals surface area (Å²) in [6.07, 6.45) is 0.481. The molecule has 33 heavy (non-hydrogen) atoms. The van der Waals surface area contributed by atoms with Crippen LogP contribution < -0.4 is 5.32 Å². The first kappa shape index (κ1) is 22.2. The first-order chi connectivity index (χ1) is 16.0. The molecular weight excluding hydrogens is 419 g/mol. The van der Waals surface area contributed by atoms with E-state index in [2.05, 4.69) is 21.4 Å².